The molecule has 0 aliphatic rings. The molecule has 0 unspecified atom stereocenters. The SMILES string of the molecule is COc1cccc(NC(=O)COc2ccc(C(=O)Nc3ncccc3O)cc2)c1. The lowest BCUT2D eigenvalue weighted by molar-refractivity contribution is -0.118. The molecule has 0 saturated heterocycles. The summed E-state index contributed by atoms with van der Waals surface area (Å²) < 4.78 is 10.5. The topological polar surface area (TPSA) is 110 Å². The number of carbonyl (C=O) groups excluding carboxylic acids is 2. The van der Waals surface area contributed by atoms with Crippen LogP contribution in [0.1, 0.15) is 10.4 Å². The van der Waals surface area contributed by atoms with E-state index in [4.69, 9.17) is 9.47 Å². The maximum Gasteiger partial charge on any atom is 0.262 e. The van der Waals surface area contributed by atoms with E-state index < -0.39 is 5.91 Å². The standard InChI is InChI=1S/C21H19N3O5/c1-28-17-5-2-4-15(12-17)23-19(26)13-29-16-9-7-14(8-10-16)21(27)24-20-18(25)6-3-11-22-20/h2-12,25H,13H2,1H3,(H,23,26)(H,22,24,27). The quantitative estimate of drug-likeness (QED) is 0.569. The highest BCUT2D eigenvalue weighted by molar-refractivity contribution is 6.04. The fourth-order valence-corrected chi connectivity index (χ4v) is 2.42. The zero-order valence-corrected chi connectivity index (χ0v) is 15.6. The minimum atomic E-state index is -0.429. The Morgan fingerprint density at radius 3 is 2.52 bits per heavy atom. The number of benzene rings is 2. The van der Waals surface area contributed by atoms with Gasteiger partial charge in [0.05, 0.1) is 7.11 Å². The number of aromatic nitrogens is 1. The first-order chi connectivity index (χ1) is 14.0. The lowest BCUT2D eigenvalue weighted by Crippen LogP contribution is -2.20. The number of rotatable bonds is 7. The van der Waals surface area contributed by atoms with E-state index in [0.29, 0.717) is 22.7 Å². The molecule has 148 valence electrons. The number of ether oxygens (including phenoxy) is 2. The van der Waals surface area contributed by atoms with Crippen LogP contribution in [-0.2, 0) is 4.79 Å². The lowest BCUT2D eigenvalue weighted by atomic mass is 10.2. The summed E-state index contributed by atoms with van der Waals surface area (Å²) in [5.41, 5.74) is 0.950. The Balaban J connectivity index is 1.53. The Hall–Kier alpha value is -4.07. The van der Waals surface area contributed by atoms with Crippen molar-refractivity contribution in [3.8, 4) is 17.2 Å². The molecular formula is C21H19N3O5. The fourth-order valence-electron chi connectivity index (χ4n) is 2.42. The van der Waals surface area contributed by atoms with Crippen LogP contribution in [0.5, 0.6) is 17.2 Å². The molecule has 3 rings (SSSR count). The minimum Gasteiger partial charge on any atom is -0.504 e. The second kappa shape index (κ2) is 9.23. The van der Waals surface area contributed by atoms with Crippen molar-refractivity contribution >= 4 is 23.3 Å². The van der Waals surface area contributed by atoms with Gasteiger partial charge in [0.1, 0.15) is 11.5 Å². The first-order valence-corrected chi connectivity index (χ1v) is 8.67. The molecule has 8 nitrogen and oxygen atoms in total. The highest BCUT2D eigenvalue weighted by Gasteiger charge is 2.10. The van der Waals surface area contributed by atoms with Crippen molar-refractivity contribution in [3.63, 3.8) is 0 Å². The van der Waals surface area contributed by atoms with E-state index in [1.165, 1.54) is 12.3 Å². The summed E-state index contributed by atoms with van der Waals surface area (Å²) in [6.45, 7) is -0.190. The van der Waals surface area contributed by atoms with E-state index in [1.54, 1.807) is 61.7 Å². The molecule has 3 N–H and O–H groups in total. The van der Waals surface area contributed by atoms with Crippen LogP contribution in [0.4, 0.5) is 11.5 Å². The van der Waals surface area contributed by atoms with Crippen LogP contribution in [0, 0.1) is 0 Å². The summed E-state index contributed by atoms with van der Waals surface area (Å²) in [6.07, 6.45) is 1.46. The van der Waals surface area contributed by atoms with Crippen molar-refractivity contribution in [1.82, 2.24) is 4.98 Å². The molecule has 8 heteroatoms. The van der Waals surface area contributed by atoms with Crippen molar-refractivity contribution in [2.75, 3.05) is 24.4 Å². The summed E-state index contributed by atoms with van der Waals surface area (Å²) in [7, 11) is 1.55. The van der Waals surface area contributed by atoms with Gasteiger partial charge < -0.3 is 25.2 Å². The van der Waals surface area contributed by atoms with E-state index in [9.17, 15) is 14.7 Å². The third-order valence-corrected chi connectivity index (χ3v) is 3.86. The normalized spacial score (nSPS) is 10.1. The van der Waals surface area contributed by atoms with Gasteiger partial charge in [-0.05, 0) is 48.5 Å². The van der Waals surface area contributed by atoms with E-state index in [0.717, 1.165) is 0 Å². The van der Waals surface area contributed by atoms with Gasteiger partial charge in [0.25, 0.3) is 11.8 Å². The van der Waals surface area contributed by atoms with Crippen molar-refractivity contribution in [3.05, 3.63) is 72.4 Å². The zero-order chi connectivity index (χ0) is 20.6. The Labute approximate surface area is 167 Å². The number of carbonyl (C=O) groups is 2. The van der Waals surface area contributed by atoms with Crippen LogP contribution in [0.3, 0.4) is 0 Å². The maximum absolute atomic E-state index is 12.2. The summed E-state index contributed by atoms with van der Waals surface area (Å²) >= 11 is 0. The van der Waals surface area contributed by atoms with E-state index in [2.05, 4.69) is 15.6 Å². The first-order valence-electron chi connectivity index (χ1n) is 8.67. The van der Waals surface area contributed by atoms with Crippen LogP contribution in [-0.4, -0.2) is 35.6 Å². The average Bonchev–Trinajstić information content (AvgIpc) is 2.74. The molecule has 29 heavy (non-hydrogen) atoms. The molecular weight excluding hydrogens is 374 g/mol. The number of amides is 2. The van der Waals surface area contributed by atoms with E-state index in [-0.39, 0.29) is 24.1 Å². The van der Waals surface area contributed by atoms with Gasteiger partial charge in [-0.15, -0.1) is 0 Å². The minimum absolute atomic E-state index is 0.0760. The molecule has 0 fully saturated rings. The Kier molecular flexibility index (Phi) is 6.26. The highest BCUT2D eigenvalue weighted by atomic mass is 16.5. The summed E-state index contributed by atoms with van der Waals surface area (Å²) in [5, 5.41) is 14.9. The van der Waals surface area contributed by atoms with Gasteiger partial charge in [-0.25, -0.2) is 4.98 Å². The van der Waals surface area contributed by atoms with Crippen molar-refractivity contribution in [1.29, 1.82) is 0 Å². The molecule has 2 aromatic carbocycles. The molecule has 0 aliphatic heterocycles. The Morgan fingerprint density at radius 1 is 1.00 bits per heavy atom. The van der Waals surface area contributed by atoms with Crippen molar-refractivity contribution < 1.29 is 24.2 Å². The fraction of sp³-hybridized carbons (Fsp3) is 0.0952. The monoisotopic (exact) mass is 393 g/mol. The van der Waals surface area contributed by atoms with Crippen LogP contribution in [0.25, 0.3) is 0 Å². The molecule has 0 bridgehead atoms. The van der Waals surface area contributed by atoms with Crippen LogP contribution in [0.15, 0.2) is 66.9 Å². The second-order valence-electron chi connectivity index (χ2n) is 5.92. The van der Waals surface area contributed by atoms with Crippen molar-refractivity contribution in [2.24, 2.45) is 0 Å². The van der Waals surface area contributed by atoms with Gasteiger partial charge in [-0.2, -0.15) is 0 Å². The van der Waals surface area contributed by atoms with Gasteiger partial charge in [0, 0.05) is 23.5 Å². The Morgan fingerprint density at radius 2 is 1.79 bits per heavy atom. The lowest BCUT2D eigenvalue weighted by Gasteiger charge is -2.09. The number of hydrogen-bond acceptors (Lipinski definition) is 6. The third-order valence-electron chi connectivity index (χ3n) is 3.86. The van der Waals surface area contributed by atoms with Crippen LogP contribution >= 0.6 is 0 Å². The molecule has 0 aliphatic carbocycles. The van der Waals surface area contributed by atoms with Gasteiger partial charge in [0.2, 0.25) is 0 Å². The van der Waals surface area contributed by atoms with Crippen LogP contribution < -0.4 is 20.1 Å². The summed E-state index contributed by atoms with van der Waals surface area (Å²) in [6, 6.07) is 16.2. The smallest absolute Gasteiger partial charge is 0.262 e. The number of hydrogen-bond donors (Lipinski definition) is 3. The number of aromatic hydroxyl groups is 1. The number of methoxy groups -OCH3 is 1. The molecule has 0 spiro atoms. The number of nitrogens with zero attached hydrogens (tertiary/aromatic N) is 1. The molecule has 1 aromatic heterocycles. The van der Waals surface area contributed by atoms with Gasteiger partial charge >= 0.3 is 0 Å². The second-order valence-corrected chi connectivity index (χ2v) is 5.92. The summed E-state index contributed by atoms with van der Waals surface area (Å²) in [5.74, 6) is 0.265. The zero-order valence-electron chi connectivity index (χ0n) is 15.6. The number of pyridine rings is 1. The van der Waals surface area contributed by atoms with Gasteiger partial charge in [-0.3, -0.25) is 9.59 Å². The first kappa shape index (κ1) is 19.7. The largest absolute Gasteiger partial charge is 0.504 e. The van der Waals surface area contributed by atoms with Crippen molar-refractivity contribution in [2.45, 2.75) is 0 Å². The van der Waals surface area contributed by atoms with Crippen LogP contribution in [0.2, 0.25) is 0 Å². The van der Waals surface area contributed by atoms with Gasteiger partial charge in [-0.1, -0.05) is 6.07 Å². The molecule has 0 radical (unpaired) electrons. The van der Waals surface area contributed by atoms with Gasteiger partial charge in [0.15, 0.2) is 18.2 Å². The molecule has 0 atom stereocenters. The number of anilines is 2. The van der Waals surface area contributed by atoms with E-state index in [1.807, 2.05) is 0 Å². The third kappa shape index (κ3) is 5.46. The molecule has 1 heterocycles. The predicted molar refractivity (Wildman–Crippen MR) is 107 cm³/mol. The van der Waals surface area contributed by atoms with E-state index >= 15 is 0 Å². The average molecular weight is 393 g/mol. The molecule has 0 saturated carbocycles. The molecule has 3 aromatic rings. The number of nitrogens with one attached hydrogen (secondary N) is 2. The predicted octanol–water partition coefficient (Wildman–Crippen LogP) is 3.07. The highest BCUT2D eigenvalue weighted by Crippen LogP contribution is 2.20. The molecule has 2 amide bonds. The Bertz CT molecular complexity index is 1010. The summed E-state index contributed by atoms with van der Waals surface area (Å²) in [4.78, 5) is 28.1. The maximum atomic E-state index is 12.2.